The molecule has 4 nitrogen and oxygen atoms in total. The molecule has 0 N–H and O–H groups in total. The Balaban J connectivity index is 1.83. The molecule has 0 atom stereocenters. The minimum absolute atomic E-state index is 0.0497. The lowest BCUT2D eigenvalue weighted by atomic mass is 10.1. The Morgan fingerprint density at radius 2 is 1.88 bits per heavy atom. The fourth-order valence-corrected chi connectivity index (χ4v) is 5.42. The highest BCUT2D eigenvalue weighted by Gasteiger charge is 2.31. The van der Waals surface area contributed by atoms with Crippen LogP contribution in [0.2, 0.25) is 0 Å². The number of thiophene rings is 1. The standard InChI is InChI=1S/C17H20FNO3S2/c18-15-5-3-14(4-6-15)13-24(20,21)19(12-17-2-1-11-23-17)16-7-9-22-10-8-16/h1-6,11,16H,7-10,12-13H2. The van der Waals surface area contributed by atoms with Crippen molar-refractivity contribution in [2.24, 2.45) is 0 Å². The summed E-state index contributed by atoms with van der Waals surface area (Å²) in [5.41, 5.74) is 0.597. The molecule has 0 aliphatic carbocycles. The molecule has 0 radical (unpaired) electrons. The maximum atomic E-state index is 13.0. The summed E-state index contributed by atoms with van der Waals surface area (Å²) in [4.78, 5) is 1.02. The molecule has 1 aromatic carbocycles. The molecule has 3 rings (SSSR count). The van der Waals surface area contributed by atoms with Crippen molar-refractivity contribution in [1.82, 2.24) is 4.31 Å². The monoisotopic (exact) mass is 369 g/mol. The number of hydrogen-bond acceptors (Lipinski definition) is 4. The van der Waals surface area contributed by atoms with Gasteiger partial charge < -0.3 is 4.74 Å². The summed E-state index contributed by atoms with van der Waals surface area (Å²) in [7, 11) is -3.50. The van der Waals surface area contributed by atoms with Gasteiger partial charge in [-0.3, -0.25) is 0 Å². The second kappa shape index (κ2) is 7.74. The Morgan fingerprint density at radius 1 is 1.17 bits per heavy atom. The first-order valence-electron chi connectivity index (χ1n) is 7.89. The lowest BCUT2D eigenvalue weighted by Gasteiger charge is -2.33. The molecule has 0 bridgehead atoms. The van der Waals surface area contributed by atoms with Gasteiger partial charge in [0.15, 0.2) is 0 Å². The van der Waals surface area contributed by atoms with Crippen LogP contribution in [-0.4, -0.2) is 32.0 Å². The lowest BCUT2D eigenvalue weighted by Crippen LogP contribution is -2.43. The number of ether oxygens (including phenoxy) is 1. The molecule has 1 aliphatic heterocycles. The van der Waals surface area contributed by atoms with Crippen LogP contribution in [0.25, 0.3) is 0 Å². The van der Waals surface area contributed by atoms with Crippen molar-refractivity contribution in [3.8, 4) is 0 Å². The molecule has 2 heterocycles. The minimum Gasteiger partial charge on any atom is -0.381 e. The van der Waals surface area contributed by atoms with E-state index in [1.54, 1.807) is 15.6 Å². The van der Waals surface area contributed by atoms with Crippen molar-refractivity contribution in [1.29, 1.82) is 0 Å². The van der Waals surface area contributed by atoms with E-state index in [0.29, 0.717) is 38.2 Å². The maximum absolute atomic E-state index is 13.0. The normalized spacial score (nSPS) is 16.6. The molecule has 0 amide bonds. The van der Waals surface area contributed by atoms with Gasteiger partial charge in [0.05, 0.1) is 5.75 Å². The van der Waals surface area contributed by atoms with Gasteiger partial charge in [-0.05, 0) is 42.0 Å². The van der Waals surface area contributed by atoms with Crippen LogP contribution in [0.15, 0.2) is 41.8 Å². The zero-order valence-corrected chi connectivity index (χ0v) is 14.9. The Bertz CT molecular complexity index is 739. The quantitative estimate of drug-likeness (QED) is 0.784. The topological polar surface area (TPSA) is 46.6 Å². The molecule has 130 valence electrons. The number of nitrogens with zero attached hydrogens (tertiary/aromatic N) is 1. The van der Waals surface area contributed by atoms with E-state index in [1.807, 2.05) is 17.5 Å². The molecule has 24 heavy (non-hydrogen) atoms. The van der Waals surface area contributed by atoms with Crippen molar-refractivity contribution in [2.45, 2.75) is 31.2 Å². The van der Waals surface area contributed by atoms with Gasteiger partial charge in [-0.25, -0.2) is 12.8 Å². The van der Waals surface area contributed by atoms with Crippen LogP contribution in [0.1, 0.15) is 23.3 Å². The minimum atomic E-state index is -3.50. The average molecular weight is 369 g/mol. The third-order valence-corrected chi connectivity index (χ3v) is 6.81. The summed E-state index contributed by atoms with van der Waals surface area (Å²) in [6, 6.07) is 9.47. The number of hydrogen-bond donors (Lipinski definition) is 0. The third kappa shape index (κ3) is 4.42. The highest BCUT2D eigenvalue weighted by molar-refractivity contribution is 7.88. The molecule has 0 unspecified atom stereocenters. The second-order valence-corrected chi connectivity index (χ2v) is 8.80. The van der Waals surface area contributed by atoms with Crippen LogP contribution in [0.5, 0.6) is 0 Å². The van der Waals surface area contributed by atoms with Crippen LogP contribution in [0.4, 0.5) is 4.39 Å². The van der Waals surface area contributed by atoms with Crippen molar-refractivity contribution in [2.75, 3.05) is 13.2 Å². The van der Waals surface area contributed by atoms with Gasteiger partial charge >= 0.3 is 0 Å². The van der Waals surface area contributed by atoms with Gasteiger partial charge in [0, 0.05) is 30.7 Å². The summed E-state index contributed by atoms with van der Waals surface area (Å²) in [5, 5.41) is 1.95. The van der Waals surface area contributed by atoms with Crippen LogP contribution in [0, 0.1) is 5.82 Å². The van der Waals surface area contributed by atoms with Crippen LogP contribution in [-0.2, 0) is 27.1 Å². The van der Waals surface area contributed by atoms with Crippen molar-refractivity contribution in [3.05, 3.63) is 58.0 Å². The second-order valence-electron chi connectivity index (χ2n) is 5.85. The molecular weight excluding hydrogens is 349 g/mol. The SMILES string of the molecule is O=S(=O)(Cc1ccc(F)cc1)N(Cc1cccs1)C1CCOCC1. The lowest BCUT2D eigenvalue weighted by molar-refractivity contribution is 0.0571. The fraction of sp³-hybridized carbons (Fsp3) is 0.412. The summed E-state index contributed by atoms with van der Waals surface area (Å²) < 4.78 is 46.0. The Hall–Kier alpha value is -1.28. The first-order chi connectivity index (χ1) is 11.5. The molecule has 7 heteroatoms. The largest absolute Gasteiger partial charge is 0.381 e. The summed E-state index contributed by atoms with van der Waals surface area (Å²) in [6.45, 7) is 1.54. The molecule has 0 spiro atoms. The number of benzene rings is 1. The summed E-state index contributed by atoms with van der Waals surface area (Å²) in [5.74, 6) is -0.480. The van der Waals surface area contributed by atoms with Crippen molar-refractivity contribution >= 4 is 21.4 Å². The maximum Gasteiger partial charge on any atom is 0.218 e. The van der Waals surface area contributed by atoms with E-state index in [9.17, 15) is 12.8 Å². The Kier molecular flexibility index (Phi) is 5.65. The Morgan fingerprint density at radius 3 is 2.50 bits per heavy atom. The van der Waals surface area contributed by atoms with Gasteiger partial charge in [0.1, 0.15) is 5.82 Å². The Labute approximate surface area is 145 Å². The molecule has 1 saturated heterocycles. The predicted molar refractivity (Wildman–Crippen MR) is 92.7 cm³/mol. The van der Waals surface area contributed by atoms with Gasteiger partial charge in [0.2, 0.25) is 10.0 Å². The van der Waals surface area contributed by atoms with Gasteiger partial charge in [-0.1, -0.05) is 18.2 Å². The van der Waals surface area contributed by atoms with E-state index in [4.69, 9.17) is 4.74 Å². The van der Waals surface area contributed by atoms with E-state index >= 15 is 0 Å². The van der Waals surface area contributed by atoms with E-state index in [-0.39, 0.29) is 17.6 Å². The highest BCUT2D eigenvalue weighted by atomic mass is 32.2. The third-order valence-electron chi connectivity index (χ3n) is 4.11. The molecular formula is C17H20FNO3S2. The fourth-order valence-electron chi connectivity index (χ4n) is 2.86. The smallest absolute Gasteiger partial charge is 0.218 e. The van der Waals surface area contributed by atoms with Gasteiger partial charge in [-0.15, -0.1) is 11.3 Å². The van der Waals surface area contributed by atoms with Crippen molar-refractivity contribution in [3.63, 3.8) is 0 Å². The van der Waals surface area contributed by atoms with Crippen LogP contribution >= 0.6 is 11.3 Å². The average Bonchev–Trinajstić information content (AvgIpc) is 3.08. The van der Waals surface area contributed by atoms with Crippen LogP contribution in [0.3, 0.4) is 0 Å². The van der Waals surface area contributed by atoms with Gasteiger partial charge in [-0.2, -0.15) is 4.31 Å². The van der Waals surface area contributed by atoms with E-state index in [2.05, 4.69) is 0 Å². The summed E-state index contributed by atoms with van der Waals surface area (Å²) >= 11 is 1.55. The summed E-state index contributed by atoms with van der Waals surface area (Å²) in [6.07, 6.45) is 1.40. The predicted octanol–water partition coefficient (Wildman–Crippen LogP) is 3.40. The van der Waals surface area contributed by atoms with Crippen LogP contribution < -0.4 is 0 Å². The number of sulfonamides is 1. The first kappa shape index (κ1) is 17.5. The van der Waals surface area contributed by atoms with E-state index < -0.39 is 10.0 Å². The molecule has 1 fully saturated rings. The zero-order valence-electron chi connectivity index (χ0n) is 13.2. The molecule has 1 aliphatic rings. The highest BCUT2D eigenvalue weighted by Crippen LogP contribution is 2.25. The molecule has 0 saturated carbocycles. The molecule has 1 aromatic heterocycles. The number of halogens is 1. The zero-order chi connectivity index (χ0) is 17.0. The van der Waals surface area contributed by atoms with E-state index in [1.165, 1.54) is 24.3 Å². The van der Waals surface area contributed by atoms with Crippen molar-refractivity contribution < 1.29 is 17.5 Å². The molecule has 2 aromatic rings. The number of rotatable bonds is 6. The first-order valence-corrected chi connectivity index (χ1v) is 10.4. The van der Waals surface area contributed by atoms with Gasteiger partial charge in [0.25, 0.3) is 0 Å². The van der Waals surface area contributed by atoms with E-state index in [0.717, 1.165) is 4.88 Å².